The van der Waals surface area contributed by atoms with Crippen LogP contribution >= 0.6 is 0 Å². The molecule has 3 atom stereocenters. The second kappa shape index (κ2) is 11.2. The minimum Gasteiger partial charge on any atom is -0.508 e. The van der Waals surface area contributed by atoms with Crippen molar-refractivity contribution in [2.45, 2.75) is 84.2 Å². The molecule has 0 heterocycles. The molecular weight excluding hydrogens is 372 g/mol. The summed E-state index contributed by atoms with van der Waals surface area (Å²) in [6.07, 6.45) is 4.57. The summed E-state index contributed by atoms with van der Waals surface area (Å²) in [4.78, 5) is 12.9. The van der Waals surface area contributed by atoms with Crippen molar-refractivity contribution in [3.8, 4) is 5.75 Å². The molecule has 30 heavy (non-hydrogen) atoms. The van der Waals surface area contributed by atoms with Gasteiger partial charge in [0.25, 0.3) is 0 Å². The summed E-state index contributed by atoms with van der Waals surface area (Å²) in [5, 5.41) is 9.65. The average molecular weight is 411 g/mol. The Hall–Kier alpha value is -2.29. The van der Waals surface area contributed by atoms with Gasteiger partial charge in [0, 0.05) is 0 Å². The van der Waals surface area contributed by atoms with Crippen LogP contribution in [0.15, 0.2) is 54.6 Å². The molecule has 0 aliphatic carbocycles. The first-order chi connectivity index (χ1) is 14.2. The lowest BCUT2D eigenvalue weighted by Gasteiger charge is -2.29. The van der Waals surface area contributed by atoms with Crippen LogP contribution in [0.1, 0.15) is 89.7 Å². The van der Waals surface area contributed by atoms with E-state index >= 15 is 0 Å². The van der Waals surface area contributed by atoms with Gasteiger partial charge in [-0.1, -0.05) is 62.7 Å². The molecule has 0 bridgehead atoms. The second-order valence-electron chi connectivity index (χ2n) is 9.29. The molecule has 0 saturated heterocycles. The van der Waals surface area contributed by atoms with Crippen LogP contribution < -0.4 is 0 Å². The quantitative estimate of drug-likeness (QED) is 0.421. The SMILES string of the molecule is CCCC(CC(CC(CC)c1ccc(O)cc1)c1ccccc1)C(=O)OC(C)(C)C. The highest BCUT2D eigenvalue weighted by Crippen LogP contribution is 2.38. The third-order valence-corrected chi connectivity index (χ3v) is 5.64. The van der Waals surface area contributed by atoms with Gasteiger partial charge in [0.2, 0.25) is 0 Å². The van der Waals surface area contributed by atoms with Crippen LogP contribution in [0.4, 0.5) is 0 Å². The molecule has 3 nitrogen and oxygen atoms in total. The number of rotatable bonds is 10. The Morgan fingerprint density at radius 3 is 2.03 bits per heavy atom. The maximum absolute atomic E-state index is 12.9. The minimum atomic E-state index is -0.469. The van der Waals surface area contributed by atoms with Gasteiger partial charge in [-0.3, -0.25) is 4.79 Å². The standard InChI is InChI=1S/C27H38O3/c1-6-11-23(26(29)30-27(3,4)5)19-24(21-12-9-8-10-13-21)18-20(7-2)22-14-16-25(28)17-15-22/h8-10,12-17,20,23-24,28H,6-7,11,18-19H2,1-5H3. The van der Waals surface area contributed by atoms with Gasteiger partial charge in [-0.05, 0) is 81.5 Å². The second-order valence-corrected chi connectivity index (χ2v) is 9.29. The highest BCUT2D eigenvalue weighted by molar-refractivity contribution is 5.73. The van der Waals surface area contributed by atoms with Crippen molar-refractivity contribution in [3.05, 3.63) is 65.7 Å². The van der Waals surface area contributed by atoms with Crippen LogP contribution in [-0.4, -0.2) is 16.7 Å². The number of carbonyl (C=O) groups is 1. The smallest absolute Gasteiger partial charge is 0.309 e. The molecule has 3 heteroatoms. The molecule has 2 aromatic rings. The third kappa shape index (κ3) is 7.51. The molecule has 0 aromatic heterocycles. The number of hydrogen-bond donors (Lipinski definition) is 1. The zero-order valence-corrected chi connectivity index (χ0v) is 19.2. The lowest BCUT2D eigenvalue weighted by Crippen LogP contribution is -2.29. The van der Waals surface area contributed by atoms with Crippen molar-refractivity contribution >= 4 is 5.97 Å². The largest absolute Gasteiger partial charge is 0.508 e. The van der Waals surface area contributed by atoms with Crippen molar-refractivity contribution < 1.29 is 14.6 Å². The van der Waals surface area contributed by atoms with Crippen molar-refractivity contribution in [2.75, 3.05) is 0 Å². The van der Waals surface area contributed by atoms with Gasteiger partial charge in [0.1, 0.15) is 11.4 Å². The molecular formula is C27H38O3. The van der Waals surface area contributed by atoms with Gasteiger partial charge >= 0.3 is 5.97 Å². The number of esters is 1. The van der Waals surface area contributed by atoms with E-state index in [0.717, 1.165) is 32.1 Å². The van der Waals surface area contributed by atoms with Crippen molar-refractivity contribution in [1.82, 2.24) is 0 Å². The lowest BCUT2D eigenvalue weighted by atomic mass is 9.78. The molecule has 0 fully saturated rings. The maximum atomic E-state index is 12.9. The van der Waals surface area contributed by atoms with Crippen molar-refractivity contribution in [2.24, 2.45) is 5.92 Å². The fourth-order valence-corrected chi connectivity index (χ4v) is 4.13. The normalized spacial score (nSPS) is 14.7. The zero-order valence-electron chi connectivity index (χ0n) is 19.2. The van der Waals surface area contributed by atoms with Gasteiger partial charge < -0.3 is 9.84 Å². The molecule has 0 aliphatic rings. The van der Waals surface area contributed by atoms with E-state index in [9.17, 15) is 9.90 Å². The van der Waals surface area contributed by atoms with Crippen LogP contribution in [0.5, 0.6) is 5.75 Å². The van der Waals surface area contributed by atoms with E-state index in [4.69, 9.17) is 4.74 Å². The molecule has 2 rings (SSSR count). The van der Waals surface area contributed by atoms with Crippen LogP contribution in [0.25, 0.3) is 0 Å². The molecule has 1 N–H and O–H groups in total. The first-order valence-corrected chi connectivity index (χ1v) is 11.3. The Morgan fingerprint density at radius 1 is 0.900 bits per heavy atom. The van der Waals surface area contributed by atoms with Crippen LogP contribution in [0, 0.1) is 5.92 Å². The minimum absolute atomic E-state index is 0.0806. The maximum Gasteiger partial charge on any atom is 0.309 e. The first-order valence-electron chi connectivity index (χ1n) is 11.3. The Morgan fingerprint density at radius 2 is 1.50 bits per heavy atom. The predicted octanol–water partition coefficient (Wildman–Crippen LogP) is 7.21. The van der Waals surface area contributed by atoms with Gasteiger partial charge in [-0.2, -0.15) is 0 Å². The van der Waals surface area contributed by atoms with E-state index in [1.165, 1.54) is 11.1 Å². The molecule has 0 aliphatic heterocycles. The molecule has 0 radical (unpaired) electrons. The number of aromatic hydroxyl groups is 1. The van der Waals surface area contributed by atoms with E-state index in [1.807, 2.05) is 39.0 Å². The molecule has 0 saturated carbocycles. The van der Waals surface area contributed by atoms with Gasteiger partial charge in [0.15, 0.2) is 0 Å². The number of ether oxygens (including phenoxy) is 1. The zero-order chi connectivity index (χ0) is 22.1. The van der Waals surface area contributed by atoms with Crippen molar-refractivity contribution in [3.63, 3.8) is 0 Å². The number of phenolic OH excluding ortho intramolecular Hbond substituents is 1. The van der Waals surface area contributed by atoms with E-state index in [0.29, 0.717) is 11.7 Å². The highest BCUT2D eigenvalue weighted by atomic mass is 16.6. The summed E-state index contributed by atoms with van der Waals surface area (Å²) in [5.41, 5.74) is 2.04. The summed E-state index contributed by atoms with van der Waals surface area (Å²) in [6.45, 7) is 10.1. The van der Waals surface area contributed by atoms with Gasteiger partial charge in [-0.15, -0.1) is 0 Å². The molecule has 3 unspecified atom stereocenters. The number of phenols is 1. The predicted molar refractivity (Wildman–Crippen MR) is 124 cm³/mol. The summed E-state index contributed by atoms with van der Waals surface area (Å²) in [6, 6.07) is 18.1. The van der Waals surface area contributed by atoms with E-state index < -0.39 is 5.60 Å². The van der Waals surface area contributed by atoms with E-state index in [2.05, 4.69) is 38.1 Å². The topological polar surface area (TPSA) is 46.5 Å². The fraction of sp³-hybridized carbons (Fsp3) is 0.519. The average Bonchev–Trinajstić information content (AvgIpc) is 2.70. The summed E-state index contributed by atoms with van der Waals surface area (Å²) >= 11 is 0. The lowest BCUT2D eigenvalue weighted by molar-refractivity contribution is -0.160. The Balaban J connectivity index is 2.27. The van der Waals surface area contributed by atoms with E-state index in [1.54, 1.807) is 12.1 Å². The number of carbonyl (C=O) groups excluding carboxylic acids is 1. The molecule has 164 valence electrons. The molecule has 0 amide bonds. The summed E-state index contributed by atoms with van der Waals surface area (Å²) in [5.74, 6) is 0.756. The first kappa shape index (κ1) is 24.0. The molecule has 2 aromatic carbocycles. The van der Waals surface area contributed by atoms with Crippen LogP contribution in [0.2, 0.25) is 0 Å². The summed E-state index contributed by atoms with van der Waals surface area (Å²) < 4.78 is 5.75. The number of benzene rings is 2. The highest BCUT2D eigenvalue weighted by Gasteiger charge is 2.29. The fourth-order valence-electron chi connectivity index (χ4n) is 4.13. The van der Waals surface area contributed by atoms with Gasteiger partial charge in [-0.25, -0.2) is 0 Å². The number of hydrogen-bond acceptors (Lipinski definition) is 3. The van der Waals surface area contributed by atoms with Gasteiger partial charge in [0.05, 0.1) is 5.92 Å². The third-order valence-electron chi connectivity index (χ3n) is 5.64. The monoisotopic (exact) mass is 410 g/mol. The van der Waals surface area contributed by atoms with Crippen LogP contribution in [0.3, 0.4) is 0 Å². The molecule has 0 spiro atoms. The van der Waals surface area contributed by atoms with Crippen LogP contribution in [-0.2, 0) is 9.53 Å². The Labute approximate surface area is 182 Å². The Kier molecular flexibility index (Phi) is 8.95. The van der Waals surface area contributed by atoms with E-state index in [-0.39, 0.29) is 17.8 Å². The summed E-state index contributed by atoms with van der Waals surface area (Å²) in [7, 11) is 0. The Bertz CT molecular complexity index is 759. The van der Waals surface area contributed by atoms with Crippen molar-refractivity contribution in [1.29, 1.82) is 0 Å².